The number of pyridine rings is 1. The highest BCUT2D eigenvalue weighted by Gasteiger charge is 2.41. The van der Waals surface area contributed by atoms with E-state index in [1.54, 1.807) is 0 Å². The maximum absolute atomic E-state index is 4.01. The van der Waals surface area contributed by atoms with Crippen LogP contribution in [0.5, 0.6) is 0 Å². The summed E-state index contributed by atoms with van der Waals surface area (Å²) in [5.74, 6) is 0. The van der Waals surface area contributed by atoms with Crippen LogP contribution < -0.4 is 10.6 Å². The van der Waals surface area contributed by atoms with Gasteiger partial charge in [0.2, 0.25) is 0 Å². The van der Waals surface area contributed by atoms with Gasteiger partial charge in [0.1, 0.15) is 0 Å². The van der Waals surface area contributed by atoms with Crippen molar-refractivity contribution < 1.29 is 0 Å². The third-order valence-electron chi connectivity index (χ3n) is 3.09. The fourth-order valence-electron chi connectivity index (χ4n) is 1.94. The van der Waals surface area contributed by atoms with E-state index in [1.807, 2.05) is 19.4 Å². The van der Waals surface area contributed by atoms with Crippen molar-refractivity contribution >= 4 is 0 Å². The van der Waals surface area contributed by atoms with E-state index in [2.05, 4.69) is 27.8 Å². The minimum Gasteiger partial charge on any atom is -0.319 e. The van der Waals surface area contributed by atoms with Crippen LogP contribution in [0.2, 0.25) is 0 Å². The SMILES string of the molecule is CNCC1(CNCc2ccncc2)CC1. The van der Waals surface area contributed by atoms with Gasteiger partial charge in [-0.2, -0.15) is 0 Å². The van der Waals surface area contributed by atoms with Gasteiger partial charge in [-0.15, -0.1) is 0 Å². The molecule has 82 valence electrons. The van der Waals surface area contributed by atoms with Crippen molar-refractivity contribution in [2.75, 3.05) is 20.1 Å². The zero-order valence-electron chi connectivity index (χ0n) is 9.29. The van der Waals surface area contributed by atoms with Crippen molar-refractivity contribution in [2.45, 2.75) is 19.4 Å². The first kappa shape index (κ1) is 10.6. The van der Waals surface area contributed by atoms with Gasteiger partial charge >= 0.3 is 0 Å². The molecule has 3 nitrogen and oxygen atoms in total. The first-order valence-electron chi connectivity index (χ1n) is 5.59. The molecule has 3 heteroatoms. The van der Waals surface area contributed by atoms with Gasteiger partial charge in [0.25, 0.3) is 0 Å². The highest BCUT2D eigenvalue weighted by Crippen LogP contribution is 2.44. The summed E-state index contributed by atoms with van der Waals surface area (Å²) in [6.07, 6.45) is 6.41. The van der Waals surface area contributed by atoms with Crippen molar-refractivity contribution in [3.05, 3.63) is 30.1 Å². The number of aromatic nitrogens is 1. The molecule has 1 aromatic rings. The van der Waals surface area contributed by atoms with Gasteiger partial charge in [0, 0.05) is 32.0 Å². The standard InChI is InChI=1S/C12H19N3/c1-13-9-12(4-5-12)10-15-8-11-2-6-14-7-3-11/h2-3,6-7,13,15H,4-5,8-10H2,1H3. The second-order valence-corrected chi connectivity index (χ2v) is 4.49. The molecule has 15 heavy (non-hydrogen) atoms. The lowest BCUT2D eigenvalue weighted by Gasteiger charge is -2.15. The molecular formula is C12H19N3. The van der Waals surface area contributed by atoms with Gasteiger partial charge in [0.05, 0.1) is 0 Å². The molecule has 0 bridgehead atoms. The molecule has 0 unspecified atom stereocenters. The molecule has 1 fully saturated rings. The lowest BCUT2D eigenvalue weighted by Crippen LogP contribution is -2.30. The summed E-state index contributed by atoms with van der Waals surface area (Å²) in [6.45, 7) is 3.21. The van der Waals surface area contributed by atoms with E-state index in [0.717, 1.165) is 19.6 Å². The minimum atomic E-state index is 0.543. The first-order chi connectivity index (χ1) is 7.35. The monoisotopic (exact) mass is 205 g/mol. The molecule has 0 aromatic carbocycles. The number of rotatable bonds is 6. The number of hydrogen-bond acceptors (Lipinski definition) is 3. The van der Waals surface area contributed by atoms with E-state index >= 15 is 0 Å². The van der Waals surface area contributed by atoms with Gasteiger partial charge in [-0.05, 0) is 43.0 Å². The van der Waals surface area contributed by atoms with E-state index in [1.165, 1.54) is 18.4 Å². The van der Waals surface area contributed by atoms with Crippen LogP contribution in [-0.2, 0) is 6.54 Å². The molecule has 2 rings (SSSR count). The quantitative estimate of drug-likeness (QED) is 0.732. The smallest absolute Gasteiger partial charge is 0.0271 e. The van der Waals surface area contributed by atoms with E-state index in [9.17, 15) is 0 Å². The normalized spacial score (nSPS) is 17.7. The molecule has 2 N–H and O–H groups in total. The van der Waals surface area contributed by atoms with Crippen LogP contribution in [0.3, 0.4) is 0 Å². The molecular weight excluding hydrogens is 186 g/mol. The average Bonchev–Trinajstić information content (AvgIpc) is 3.00. The van der Waals surface area contributed by atoms with Crippen LogP contribution in [0.4, 0.5) is 0 Å². The van der Waals surface area contributed by atoms with E-state index in [-0.39, 0.29) is 0 Å². The first-order valence-corrected chi connectivity index (χ1v) is 5.59. The summed E-state index contributed by atoms with van der Waals surface area (Å²) in [7, 11) is 2.03. The Bertz CT molecular complexity index is 293. The second-order valence-electron chi connectivity index (χ2n) is 4.49. The number of nitrogens with zero attached hydrogens (tertiary/aromatic N) is 1. The maximum atomic E-state index is 4.01. The summed E-state index contributed by atoms with van der Waals surface area (Å²) in [5.41, 5.74) is 1.85. The molecule has 1 heterocycles. The van der Waals surface area contributed by atoms with Crippen molar-refractivity contribution in [1.29, 1.82) is 0 Å². The molecule has 0 spiro atoms. The van der Waals surface area contributed by atoms with Crippen molar-refractivity contribution in [3.63, 3.8) is 0 Å². The number of nitrogens with one attached hydrogen (secondary N) is 2. The number of hydrogen-bond donors (Lipinski definition) is 2. The molecule has 0 saturated heterocycles. The van der Waals surface area contributed by atoms with E-state index < -0.39 is 0 Å². The molecule has 1 aliphatic rings. The fraction of sp³-hybridized carbons (Fsp3) is 0.583. The van der Waals surface area contributed by atoms with Crippen LogP contribution in [-0.4, -0.2) is 25.1 Å². The minimum absolute atomic E-state index is 0.543. The Morgan fingerprint density at radius 3 is 2.60 bits per heavy atom. The third-order valence-corrected chi connectivity index (χ3v) is 3.09. The Kier molecular flexibility index (Phi) is 3.34. The Balaban J connectivity index is 1.71. The van der Waals surface area contributed by atoms with Crippen LogP contribution >= 0.6 is 0 Å². The molecule has 0 aliphatic heterocycles. The Morgan fingerprint density at radius 1 is 1.27 bits per heavy atom. The van der Waals surface area contributed by atoms with Crippen molar-refractivity contribution in [1.82, 2.24) is 15.6 Å². The van der Waals surface area contributed by atoms with Crippen LogP contribution in [0, 0.1) is 5.41 Å². The summed E-state index contributed by atoms with van der Waals surface area (Å²) >= 11 is 0. The van der Waals surface area contributed by atoms with E-state index in [0.29, 0.717) is 5.41 Å². The average molecular weight is 205 g/mol. The summed E-state index contributed by atoms with van der Waals surface area (Å²) in [5, 5.41) is 6.79. The Labute approximate surface area is 91.3 Å². The lowest BCUT2D eigenvalue weighted by atomic mass is 10.1. The van der Waals surface area contributed by atoms with Crippen LogP contribution in [0.15, 0.2) is 24.5 Å². The molecule has 0 radical (unpaired) electrons. The molecule has 1 aliphatic carbocycles. The molecule has 1 saturated carbocycles. The largest absolute Gasteiger partial charge is 0.319 e. The maximum Gasteiger partial charge on any atom is 0.0271 e. The van der Waals surface area contributed by atoms with Gasteiger partial charge in [-0.3, -0.25) is 4.98 Å². The predicted molar refractivity (Wildman–Crippen MR) is 61.5 cm³/mol. The van der Waals surface area contributed by atoms with Crippen LogP contribution in [0.25, 0.3) is 0 Å². The fourth-order valence-corrected chi connectivity index (χ4v) is 1.94. The second kappa shape index (κ2) is 4.73. The molecule has 0 atom stereocenters. The van der Waals surface area contributed by atoms with Gasteiger partial charge in [-0.25, -0.2) is 0 Å². The topological polar surface area (TPSA) is 37.0 Å². The van der Waals surface area contributed by atoms with Crippen LogP contribution in [0.1, 0.15) is 18.4 Å². The molecule has 0 amide bonds. The summed E-state index contributed by atoms with van der Waals surface area (Å²) in [6, 6.07) is 4.12. The van der Waals surface area contributed by atoms with Gasteiger partial charge < -0.3 is 10.6 Å². The highest BCUT2D eigenvalue weighted by molar-refractivity contribution is 5.09. The third kappa shape index (κ3) is 3.01. The highest BCUT2D eigenvalue weighted by atomic mass is 14.9. The summed E-state index contributed by atoms with van der Waals surface area (Å²) in [4.78, 5) is 4.01. The lowest BCUT2D eigenvalue weighted by molar-refractivity contribution is 0.438. The van der Waals surface area contributed by atoms with Gasteiger partial charge in [0.15, 0.2) is 0 Å². The van der Waals surface area contributed by atoms with Gasteiger partial charge in [-0.1, -0.05) is 0 Å². The van der Waals surface area contributed by atoms with Crippen molar-refractivity contribution in [3.8, 4) is 0 Å². The Hall–Kier alpha value is -0.930. The predicted octanol–water partition coefficient (Wildman–Crippen LogP) is 1.17. The molecule has 1 aromatic heterocycles. The Morgan fingerprint density at radius 2 is 2.00 bits per heavy atom. The van der Waals surface area contributed by atoms with Crippen molar-refractivity contribution in [2.24, 2.45) is 5.41 Å². The summed E-state index contributed by atoms with van der Waals surface area (Å²) < 4.78 is 0. The van der Waals surface area contributed by atoms with E-state index in [4.69, 9.17) is 0 Å². The zero-order valence-corrected chi connectivity index (χ0v) is 9.29. The zero-order chi connectivity index (χ0) is 10.6.